The minimum Gasteiger partial charge on any atom is -0.513 e. The van der Waals surface area contributed by atoms with E-state index < -0.39 is 5.83 Å². The molecule has 0 heterocycles. The molecule has 0 bridgehead atoms. The Hall–Kier alpha value is -2.03. The summed E-state index contributed by atoms with van der Waals surface area (Å²) in [5, 5.41) is 18.5. The second kappa shape index (κ2) is 5.31. The van der Waals surface area contributed by atoms with Gasteiger partial charge in [-0.05, 0) is 43.0 Å². The lowest BCUT2D eigenvalue weighted by Crippen LogP contribution is -2.03. The van der Waals surface area contributed by atoms with Crippen LogP contribution in [-0.2, 0) is 6.42 Å². The molecule has 1 aliphatic carbocycles. The van der Waals surface area contributed by atoms with E-state index in [0.717, 1.165) is 16.7 Å². The number of allylic oxidation sites excluding steroid dienone is 5. The number of hydrogen-bond donors (Lipinski definition) is 2. The molecule has 0 saturated carbocycles. The fraction of sp³-hybridized carbons (Fsp3) is 0.250. The smallest absolute Gasteiger partial charge is 0.167 e. The number of aliphatic hydroxyl groups is 2. The van der Waals surface area contributed by atoms with Gasteiger partial charge in [0, 0.05) is 12.0 Å². The number of aryl methyl sites for hydroxylation is 1. The minimum atomic E-state index is -0.513. The first-order valence-electron chi connectivity index (χ1n) is 6.24. The number of halogens is 1. The maximum absolute atomic E-state index is 13.7. The molecule has 2 rings (SSSR count). The summed E-state index contributed by atoms with van der Waals surface area (Å²) in [6.07, 6.45) is 4.44. The molecule has 1 aliphatic rings. The molecule has 0 atom stereocenters. The molecular formula is C16H17FO2. The number of rotatable bonds is 2. The molecule has 1 aromatic rings. The summed E-state index contributed by atoms with van der Waals surface area (Å²) in [5.41, 5.74) is 3.38. The van der Waals surface area contributed by atoms with Gasteiger partial charge in [0.2, 0.25) is 0 Å². The molecule has 2 nitrogen and oxygen atoms in total. The molecule has 0 saturated heterocycles. The van der Waals surface area contributed by atoms with Crippen molar-refractivity contribution in [3.05, 3.63) is 58.6 Å². The highest BCUT2D eigenvalue weighted by atomic mass is 19.1. The van der Waals surface area contributed by atoms with Crippen LogP contribution in [0.5, 0.6) is 0 Å². The average molecular weight is 260 g/mol. The first-order chi connectivity index (χ1) is 8.99. The van der Waals surface area contributed by atoms with Crippen LogP contribution in [0.1, 0.15) is 37.0 Å². The Morgan fingerprint density at radius 3 is 2.63 bits per heavy atom. The van der Waals surface area contributed by atoms with Gasteiger partial charge in [-0.1, -0.05) is 24.3 Å². The third-order valence-electron chi connectivity index (χ3n) is 3.26. The quantitative estimate of drug-likeness (QED) is 0.598. The van der Waals surface area contributed by atoms with Crippen LogP contribution < -0.4 is 0 Å². The zero-order valence-electron chi connectivity index (χ0n) is 11.1. The zero-order chi connectivity index (χ0) is 14.0. The van der Waals surface area contributed by atoms with Crippen molar-refractivity contribution in [1.29, 1.82) is 0 Å². The molecule has 0 amide bonds. The van der Waals surface area contributed by atoms with Crippen molar-refractivity contribution in [2.75, 3.05) is 0 Å². The van der Waals surface area contributed by atoms with Crippen molar-refractivity contribution in [2.24, 2.45) is 0 Å². The maximum atomic E-state index is 13.7. The van der Waals surface area contributed by atoms with Crippen LogP contribution in [-0.4, -0.2) is 10.2 Å². The lowest BCUT2D eigenvalue weighted by molar-refractivity contribution is 0.377. The Kier molecular flexibility index (Phi) is 3.74. The van der Waals surface area contributed by atoms with Gasteiger partial charge in [0.25, 0.3) is 0 Å². The summed E-state index contributed by atoms with van der Waals surface area (Å²) in [6, 6.07) is 5.46. The molecule has 0 spiro atoms. The van der Waals surface area contributed by atoms with E-state index in [1.807, 2.05) is 25.1 Å². The summed E-state index contributed by atoms with van der Waals surface area (Å²) in [4.78, 5) is 0. The van der Waals surface area contributed by atoms with E-state index >= 15 is 0 Å². The van der Waals surface area contributed by atoms with Gasteiger partial charge in [-0.15, -0.1) is 0 Å². The summed E-state index contributed by atoms with van der Waals surface area (Å²) < 4.78 is 13.7. The molecule has 0 aliphatic heterocycles. The molecule has 0 radical (unpaired) electrons. The van der Waals surface area contributed by atoms with E-state index in [4.69, 9.17) is 5.11 Å². The monoisotopic (exact) mass is 260 g/mol. The van der Waals surface area contributed by atoms with Gasteiger partial charge < -0.3 is 10.2 Å². The molecule has 0 fully saturated rings. The van der Waals surface area contributed by atoms with Crippen LogP contribution in [0, 0.1) is 0 Å². The normalized spacial score (nSPS) is 16.6. The molecule has 0 unspecified atom stereocenters. The molecule has 1 aromatic carbocycles. The Morgan fingerprint density at radius 1 is 1.21 bits per heavy atom. The highest BCUT2D eigenvalue weighted by Gasteiger charge is 2.18. The maximum Gasteiger partial charge on any atom is 0.167 e. The van der Waals surface area contributed by atoms with Gasteiger partial charge in [-0.25, -0.2) is 4.39 Å². The van der Waals surface area contributed by atoms with E-state index in [1.54, 1.807) is 19.1 Å². The number of hydrogen-bond acceptors (Lipinski definition) is 2. The van der Waals surface area contributed by atoms with Crippen molar-refractivity contribution in [2.45, 2.75) is 26.7 Å². The fourth-order valence-corrected chi connectivity index (χ4v) is 2.12. The lowest BCUT2D eigenvalue weighted by Gasteiger charge is -2.16. The van der Waals surface area contributed by atoms with E-state index in [9.17, 15) is 9.50 Å². The molecule has 2 N–H and O–H groups in total. The first kappa shape index (κ1) is 13.4. The largest absolute Gasteiger partial charge is 0.513 e. The molecule has 19 heavy (non-hydrogen) atoms. The van der Waals surface area contributed by atoms with Gasteiger partial charge in [0.05, 0.1) is 5.76 Å². The highest BCUT2D eigenvalue weighted by molar-refractivity contribution is 5.72. The van der Waals surface area contributed by atoms with Crippen molar-refractivity contribution in [3.63, 3.8) is 0 Å². The van der Waals surface area contributed by atoms with E-state index in [1.165, 1.54) is 0 Å². The molecule has 3 heteroatoms. The van der Waals surface area contributed by atoms with Crippen molar-refractivity contribution < 1.29 is 14.6 Å². The fourth-order valence-electron chi connectivity index (χ4n) is 2.12. The zero-order valence-corrected chi connectivity index (χ0v) is 11.1. The van der Waals surface area contributed by atoms with Crippen LogP contribution in [0.25, 0.3) is 11.4 Å². The first-order valence-corrected chi connectivity index (χ1v) is 6.24. The van der Waals surface area contributed by atoms with Gasteiger partial charge in [-0.3, -0.25) is 0 Å². The predicted molar refractivity (Wildman–Crippen MR) is 75.5 cm³/mol. The number of benzene rings is 1. The summed E-state index contributed by atoms with van der Waals surface area (Å²) in [6.45, 7) is 3.55. The Balaban J connectivity index is 2.38. The Labute approximate surface area is 112 Å². The molecule has 0 aromatic heterocycles. The third-order valence-corrected chi connectivity index (χ3v) is 3.26. The standard InChI is InChI=1S/C16H17FO2/c1-10(3-4-11(2)18)12-5-7-14-13(9-12)6-8-15(19)16(14)17/h3-5,7,9,18-19H,6,8H2,1-2H3/b10-3+,11-4+. The minimum absolute atomic E-state index is 0.161. The van der Waals surface area contributed by atoms with Gasteiger partial charge >= 0.3 is 0 Å². The van der Waals surface area contributed by atoms with Crippen molar-refractivity contribution in [1.82, 2.24) is 0 Å². The Bertz CT molecular complexity index is 591. The van der Waals surface area contributed by atoms with E-state index in [-0.39, 0.29) is 11.5 Å². The third kappa shape index (κ3) is 2.87. The highest BCUT2D eigenvalue weighted by Crippen LogP contribution is 2.32. The van der Waals surface area contributed by atoms with Crippen LogP contribution in [0.15, 0.2) is 41.9 Å². The second-order valence-corrected chi connectivity index (χ2v) is 4.79. The topological polar surface area (TPSA) is 40.5 Å². The second-order valence-electron chi connectivity index (χ2n) is 4.79. The SMILES string of the molecule is C/C(O)=C\C=C(/C)c1ccc2c(c1)CCC(O)=C2F. The van der Waals surface area contributed by atoms with Crippen molar-refractivity contribution in [3.8, 4) is 0 Å². The van der Waals surface area contributed by atoms with Gasteiger partial charge in [-0.2, -0.15) is 0 Å². The summed E-state index contributed by atoms with van der Waals surface area (Å²) >= 11 is 0. The molecule has 100 valence electrons. The van der Waals surface area contributed by atoms with Gasteiger partial charge in [0.15, 0.2) is 5.83 Å². The lowest BCUT2D eigenvalue weighted by atomic mass is 9.92. The van der Waals surface area contributed by atoms with Crippen LogP contribution in [0.3, 0.4) is 0 Å². The molecular weight excluding hydrogens is 243 g/mol. The number of fused-ring (bicyclic) bond motifs is 1. The average Bonchev–Trinajstić information content (AvgIpc) is 2.40. The van der Waals surface area contributed by atoms with Crippen molar-refractivity contribution >= 4 is 11.4 Å². The number of aliphatic hydroxyl groups excluding tert-OH is 2. The summed E-state index contributed by atoms with van der Waals surface area (Å²) in [5.74, 6) is -0.428. The summed E-state index contributed by atoms with van der Waals surface area (Å²) in [7, 11) is 0. The van der Waals surface area contributed by atoms with Crippen LogP contribution >= 0.6 is 0 Å². The van der Waals surface area contributed by atoms with E-state index in [0.29, 0.717) is 18.4 Å². The van der Waals surface area contributed by atoms with Crippen LogP contribution in [0.4, 0.5) is 4.39 Å². The Morgan fingerprint density at radius 2 is 1.95 bits per heavy atom. The predicted octanol–water partition coefficient (Wildman–Crippen LogP) is 4.69. The van der Waals surface area contributed by atoms with Crippen LogP contribution in [0.2, 0.25) is 0 Å². The van der Waals surface area contributed by atoms with E-state index in [2.05, 4.69) is 0 Å². The van der Waals surface area contributed by atoms with Gasteiger partial charge in [0.1, 0.15) is 5.76 Å².